The van der Waals surface area contributed by atoms with Crippen molar-refractivity contribution in [1.82, 2.24) is 9.97 Å². The number of halogens is 2. The maximum absolute atomic E-state index is 14.3. The van der Waals surface area contributed by atoms with Crippen LogP contribution in [0.4, 0.5) is 8.78 Å². The highest BCUT2D eigenvalue weighted by Crippen LogP contribution is 2.34. The number of hydrogen-bond donors (Lipinski definition) is 0. The molecule has 7 heteroatoms. The fourth-order valence-corrected chi connectivity index (χ4v) is 3.52. The molecule has 1 aromatic carbocycles. The molecule has 4 nitrogen and oxygen atoms in total. The van der Waals surface area contributed by atoms with Crippen molar-refractivity contribution in [3.05, 3.63) is 66.3 Å². The number of nitrogens with zero attached hydrogens (tertiary/aromatic N) is 2. The molecule has 0 aliphatic carbocycles. The van der Waals surface area contributed by atoms with Gasteiger partial charge < -0.3 is 0 Å². The van der Waals surface area contributed by atoms with Crippen molar-refractivity contribution in [2.45, 2.75) is 11.8 Å². The molecule has 0 fully saturated rings. The van der Waals surface area contributed by atoms with Gasteiger partial charge in [0.2, 0.25) is 0 Å². The molecule has 0 amide bonds. The summed E-state index contributed by atoms with van der Waals surface area (Å²) >= 11 is 0. The summed E-state index contributed by atoms with van der Waals surface area (Å²) in [6.07, 6.45) is 5.47. The maximum atomic E-state index is 14.3. The summed E-state index contributed by atoms with van der Waals surface area (Å²) in [5.41, 5.74) is 2.94. The number of aryl methyl sites for hydroxylation is 1. The van der Waals surface area contributed by atoms with Gasteiger partial charge in [-0.15, -0.1) is 0 Å². The molecule has 2 aromatic heterocycles. The topological polar surface area (TPSA) is 59.9 Å². The fraction of sp³-hybridized carbons (Fsp3) is 0.111. The second kappa shape index (κ2) is 6.33. The molecule has 128 valence electrons. The van der Waals surface area contributed by atoms with Gasteiger partial charge in [0, 0.05) is 41.7 Å². The number of benzene rings is 1. The highest BCUT2D eigenvalue weighted by molar-refractivity contribution is 7.90. The molecule has 0 atom stereocenters. The van der Waals surface area contributed by atoms with Gasteiger partial charge >= 0.3 is 0 Å². The lowest BCUT2D eigenvalue weighted by Crippen LogP contribution is -2.05. The van der Waals surface area contributed by atoms with Crippen LogP contribution in [0.3, 0.4) is 0 Å². The summed E-state index contributed by atoms with van der Waals surface area (Å²) in [6, 6.07) is 7.34. The third-order valence-electron chi connectivity index (χ3n) is 3.80. The maximum Gasteiger partial charge on any atom is 0.181 e. The highest BCUT2D eigenvalue weighted by atomic mass is 32.2. The van der Waals surface area contributed by atoms with E-state index in [1.54, 1.807) is 24.5 Å². The monoisotopic (exact) mass is 360 g/mol. The average Bonchev–Trinajstić information content (AvgIpc) is 2.53. The molecular weight excluding hydrogens is 346 g/mol. The minimum absolute atomic E-state index is 0.203. The second-order valence-corrected chi connectivity index (χ2v) is 7.55. The van der Waals surface area contributed by atoms with E-state index in [-0.39, 0.29) is 5.56 Å². The van der Waals surface area contributed by atoms with Gasteiger partial charge in [-0.25, -0.2) is 17.2 Å². The molecule has 0 aliphatic heterocycles. The van der Waals surface area contributed by atoms with Crippen molar-refractivity contribution in [2.75, 3.05) is 6.26 Å². The van der Waals surface area contributed by atoms with Crippen molar-refractivity contribution in [1.29, 1.82) is 0 Å². The van der Waals surface area contributed by atoms with Gasteiger partial charge in [-0.1, -0.05) is 6.07 Å². The summed E-state index contributed by atoms with van der Waals surface area (Å²) in [6.45, 7) is 1.83. The summed E-state index contributed by atoms with van der Waals surface area (Å²) < 4.78 is 51.6. The van der Waals surface area contributed by atoms with Gasteiger partial charge in [0.25, 0.3) is 0 Å². The van der Waals surface area contributed by atoms with Crippen LogP contribution < -0.4 is 0 Å². The SMILES string of the molecule is Cc1ncccc1-c1ccncc1-c1cc(F)c(S(C)(=O)=O)c(F)c1. The average molecular weight is 360 g/mol. The Labute approximate surface area is 144 Å². The Hall–Kier alpha value is -2.67. The summed E-state index contributed by atoms with van der Waals surface area (Å²) in [7, 11) is -4.01. The van der Waals surface area contributed by atoms with E-state index < -0.39 is 26.4 Å². The van der Waals surface area contributed by atoms with E-state index in [0.717, 1.165) is 29.6 Å². The number of pyridine rings is 2. The predicted molar refractivity (Wildman–Crippen MR) is 90.7 cm³/mol. The molecule has 3 aromatic rings. The van der Waals surface area contributed by atoms with E-state index >= 15 is 0 Å². The Balaban J connectivity index is 2.25. The Kier molecular flexibility index (Phi) is 4.34. The molecule has 0 unspecified atom stereocenters. The Morgan fingerprint density at radius 2 is 1.64 bits per heavy atom. The standard InChI is InChI=1S/C18H14F2N2O2S/c1-11-13(4-3-6-22-11)14-5-7-21-10-15(14)12-8-16(19)18(17(20)9-12)25(2,23)24/h3-10H,1-2H3. The van der Waals surface area contributed by atoms with Crippen LogP contribution >= 0.6 is 0 Å². The van der Waals surface area contributed by atoms with Gasteiger partial charge in [-0.2, -0.15) is 0 Å². The Bertz CT molecular complexity index is 1040. The van der Waals surface area contributed by atoms with E-state index in [0.29, 0.717) is 11.1 Å². The van der Waals surface area contributed by atoms with Crippen molar-refractivity contribution >= 4 is 9.84 Å². The zero-order valence-corrected chi connectivity index (χ0v) is 14.3. The quantitative estimate of drug-likeness (QED) is 0.713. The molecule has 0 bridgehead atoms. The first-order chi connectivity index (χ1) is 11.8. The fourth-order valence-electron chi connectivity index (χ4n) is 2.70. The minimum atomic E-state index is -4.01. The minimum Gasteiger partial charge on any atom is -0.264 e. The van der Waals surface area contributed by atoms with Crippen molar-refractivity contribution in [3.8, 4) is 22.3 Å². The van der Waals surface area contributed by atoms with E-state index in [9.17, 15) is 17.2 Å². The molecule has 0 N–H and O–H groups in total. The van der Waals surface area contributed by atoms with Crippen molar-refractivity contribution < 1.29 is 17.2 Å². The van der Waals surface area contributed by atoms with Gasteiger partial charge in [0.05, 0.1) is 0 Å². The third-order valence-corrected chi connectivity index (χ3v) is 4.93. The molecule has 25 heavy (non-hydrogen) atoms. The van der Waals surface area contributed by atoms with Crippen LogP contribution in [0.5, 0.6) is 0 Å². The lowest BCUT2D eigenvalue weighted by atomic mass is 9.96. The zero-order chi connectivity index (χ0) is 18.2. The molecule has 0 radical (unpaired) electrons. The molecule has 0 saturated heterocycles. The van der Waals surface area contributed by atoms with E-state index in [4.69, 9.17) is 0 Å². The molecule has 3 rings (SSSR count). The first-order valence-corrected chi connectivity index (χ1v) is 9.23. The van der Waals surface area contributed by atoms with E-state index in [1.807, 2.05) is 13.0 Å². The summed E-state index contributed by atoms with van der Waals surface area (Å²) in [4.78, 5) is 7.32. The number of hydrogen-bond acceptors (Lipinski definition) is 4. The van der Waals surface area contributed by atoms with Gasteiger partial charge in [-0.05, 0) is 42.3 Å². The zero-order valence-electron chi connectivity index (χ0n) is 13.5. The van der Waals surface area contributed by atoms with Crippen LogP contribution in [0.15, 0.2) is 53.8 Å². The number of aromatic nitrogens is 2. The Morgan fingerprint density at radius 3 is 2.24 bits per heavy atom. The van der Waals surface area contributed by atoms with Crippen LogP contribution in [-0.2, 0) is 9.84 Å². The highest BCUT2D eigenvalue weighted by Gasteiger charge is 2.22. The van der Waals surface area contributed by atoms with Crippen LogP contribution in [0.2, 0.25) is 0 Å². The smallest absolute Gasteiger partial charge is 0.181 e. The molecule has 0 saturated carbocycles. The summed E-state index contributed by atoms with van der Waals surface area (Å²) in [5.74, 6) is -2.26. The first kappa shape index (κ1) is 17.2. The Morgan fingerprint density at radius 1 is 0.960 bits per heavy atom. The first-order valence-electron chi connectivity index (χ1n) is 7.34. The number of sulfone groups is 1. The van der Waals surface area contributed by atoms with E-state index in [1.165, 1.54) is 6.20 Å². The third kappa shape index (κ3) is 3.28. The normalized spacial score (nSPS) is 11.5. The van der Waals surface area contributed by atoms with E-state index in [2.05, 4.69) is 9.97 Å². The summed E-state index contributed by atoms with van der Waals surface area (Å²) in [5, 5.41) is 0. The molecule has 0 aliphatic rings. The largest absolute Gasteiger partial charge is 0.264 e. The van der Waals surface area contributed by atoms with Crippen molar-refractivity contribution in [2.24, 2.45) is 0 Å². The second-order valence-electron chi connectivity index (χ2n) is 5.60. The molecule has 2 heterocycles. The lowest BCUT2D eigenvalue weighted by molar-refractivity contribution is 0.522. The molecular formula is C18H14F2N2O2S. The van der Waals surface area contributed by atoms with Crippen LogP contribution in [0, 0.1) is 18.6 Å². The lowest BCUT2D eigenvalue weighted by Gasteiger charge is -2.12. The van der Waals surface area contributed by atoms with Crippen molar-refractivity contribution in [3.63, 3.8) is 0 Å². The predicted octanol–water partition coefficient (Wildman–Crippen LogP) is 3.80. The van der Waals surface area contributed by atoms with Crippen LogP contribution in [-0.4, -0.2) is 24.6 Å². The van der Waals surface area contributed by atoms with Gasteiger partial charge in [-0.3, -0.25) is 9.97 Å². The van der Waals surface area contributed by atoms with Crippen LogP contribution in [0.1, 0.15) is 5.69 Å². The van der Waals surface area contributed by atoms with Crippen LogP contribution in [0.25, 0.3) is 22.3 Å². The number of rotatable bonds is 3. The van der Waals surface area contributed by atoms with Gasteiger partial charge in [0.1, 0.15) is 16.5 Å². The van der Waals surface area contributed by atoms with Gasteiger partial charge in [0.15, 0.2) is 9.84 Å². The molecule has 0 spiro atoms.